The maximum absolute atomic E-state index is 12.9. The van der Waals surface area contributed by atoms with Gasteiger partial charge in [0, 0.05) is 18.7 Å². The van der Waals surface area contributed by atoms with Crippen molar-refractivity contribution in [1.29, 1.82) is 0 Å². The maximum atomic E-state index is 12.9. The van der Waals surface area contributed by atoms with E-state index in [4.69, 9.17) is 0 Å². The lowest BCUT2D eigenvalue weighted by molar-refractivity contribution is -0.132. The lowest BCUT2D eigenvalue weighted by Gasteiger charge is -2.23. The average Bonchev–Trinajstić information content (AvgIpc) is 3.25. The van der Waals surface area contributed by atoms with Crippen LogP contribution in [0.25, 0.3) is 0 Å². The first-order chi connectivity index (χ1) is 12.4. The highest BCUT2D eigenvalue weighted by Crippen LogP contribution is 2.34. The van der Waals surface area contributed by atoms with Gasteiger partial charge in [0.1, 0.15) is 10.8 Å². The van der Waals surface area contributed by atoms with Gasteiger partial charge in [0.2, 0.25) is 10.9 Å². The topological polar surface area (TPSA) is 75.2 Å². The van der Waals surface area contributed by atoms with Gasteiger partial charge in [-0.2, -0.15) is 0 Å². The molecule has 0 bridgehead atoms. The predicted molar refractivity (Wildman–Crippen MR) is 97.4 cm³/mol. The quantitative estimate of drug-likeness (QED) is 0.864. The summed E-state index contributed by atoms with van der Waals surface area (Å²) in [7, 11) is 0. The second-order valence-electron chi connectivity index (χ2n) is 6.75. The summed E-state index contributed by atoms with van der Waals surface area (Å²) in [5, 5.41) is 11.7. The molecular formula is C18H21FN4O2S. The summed E-state index contributed by atoms with van der Waals surface area (Å²) in [6, 6.07) is 5.42. The molecule has 0 unspecified atom stereocenters. The number of aromatic nitrogens is 2. The highest BCUT2D eigenvalue weighted by Gasteiger charge is 2.33. The molecule has 0 spiro atoms. The van der Waals surface area contributed by atoms with Crippen LogP contribution in [0.4, 0.5) is 10.1 Å². The molecule has 3 rings (SSSR count). The zero-order chi connectivity index (χ0) is 18.7. The van der Waals surface area contributed by atoms with E-state index in [-0.39, 0.29) is 22.8 Å². The Morgan fingerprint density at radius 1 is 1.31 bits per heavy atom. The van der Waals surface area contributed by atoms with Gasteiger partial charge in [-0.1, -0.05) is 25.2 Å². The van der Waals surface area contributed by atoms with Gasteiger partial charge in [0.05, 0.1) is 6.04 Å². The van der Waals surface area contributed by atoms with Gasteiger partial charge in [0.15, 0.2) is 0 Å². The monoisotopic (exact) mass is 376 g/mol. The van der Waals surface area contributed by atoms with Gasteiger partial charge < -0.3 is 10.2 Å². The summed E-state index contributed by atoms with van der Waals surface area (Å²) in [6.45, 7) is 4.75. The van der Waals surface area contributed by atoms with Crippen molar-refractivity contribution in [3.63, 3.8) is 0 Å². The molecule has 1 aromatic carbocycles. The summed E-state index contributed by atoms with van der Waals surface area (Å²) < 4.78 is 12.9. The van der Waals surface area contributed by atoms with Crippen LogP contribution in [-0.2, 0) is 4.79 Å². The van der Waals surface area contributed by atoms with Crippen LogP contribution in [0.1, 0.15) is 54.0 Å². The number of rotatable bonds is 5. The van der Waals surface area contributed by atoms with Crippen LogP contribution in [0, 0.1) is 11.7 Å². The molecule has 8 heteroatoms. The SMILES string of the molecule is CC(C)CC(=O)N1CCC[C@H]1c1nnc(C(=O)Nc2ccc(F)cc2)s1. The van der Waals surface area contributed by atoms with E-state index in [0.717, 1.165) is 12.8 Å². The minimum absolute atomic E-state index is 0.105. The largest absolute Gasteiger partial charge is 0.333 e. The van der Waals surface area contributed by atoms with Crippen molar-refractivity contribution in [2.45, 2.75) is 39.2 Å². The Morgan fingerprint density at radius 2 is 2.04 bits per heavy atom. The highest BCUT2D eigenvalue weighted by atomic mass is 32.1. The molecule has 1 fully saturated rings. The third-order valence-corrected chi connectivity index (χ3v) is 5.20. The Hall–Kier alpha value is -2.35. The van der Waals surface area contributed by atoms with Crippen LogP contribution in [0.2, 0.25) is 0 Å². The summed E-state index contributed by atoms with van der Waals surface area (Å²) in [6.07, 6.45) is 2.26. The zero-order valence-corrected chi connectivity index (χ0v) is 15.6. The fourth-order valence-corrected chi connectivity index (χ4v) is 3.85. The first-order valence-electron chi connectivity index (χ1n) is 8.64. The van der Waals surface area contributed by atoms with Gasteiger partial charge in [-0.3, -0.25) is 9.59 Å². The number of carbonyl (C=O) groups excluding carboxylic acids is 2. The van der Waals surface area contributed by atoms with E-state index in [0.29, 0.717) is 29.6 Å². The Kier molecular flexibility index (Phi) is 5.61. The van der Waals surface area contributed by atoms with Crippen molar-refractivity contribution >= 4 is 28.8 Å². The first-order valence-corrected chi connectivity index (χ1v) is 9.45. The molecule has 2 heterocycles. The lowest BCUT2D eigenvalue weighted by Crippen LogP contribution is -2.31. The van der Waals surface area contributed by atoms with E-state index < -0.39 is 5.91 Å². The molecule has 2 amide bonds. The van der Waals surface area contributed by atoms with Crippen molar-refractivity contribution in [2.75, 3.05) is 11.9 Å². The smallest absolute Gasteiger partial charge is 0.286 e. The third kappa shape index (κ3) is 4.24. The molecule has 1 aliphatic rings. The molecule has 2 aromatic rings. The van der Waals surface area contributed by atoms with Crippen molar-refractivity contribution < 1.29 is 14.0 Å². The fourth-order valence-electron chi connectivity index (χ4n) is 2.97. The van der Waals surface area contributed by atoms with Crippen LogP contribution in [0.3, 0.4) is 0 Å². The third-order valence-electron chi connectivity index (χ3n) is 4.18. The highest BCUT2D eigenvalue weighted by molar-refractivity contribution is 7.13. The van der Waals surface area contributed by atoms with Gasteiger partial charge in [-0.25, -0.2) is 4.39 Å². The van der Waals surface area contributed by atoms with Crippen molar-refractivity contribution in [2.24, 2.45) is 5.92 Å². The van der Waals surface area contributed by atoms with E-state index in [2.05, 4.69) is 15.5 Å². The summed E-state index contributed by atoms with van der Waals surface area (Å²) >= 11 is 1.20. The van der Waals surface area contributed by atoms with Crippen LogP contribution < -0.4 is 5.32 Å². The van der Waals surface area contributed by atoms with Crippen LogP contribution in [0.15, 0.2) is 24.3 Å². The molecule has 6 nitrogen and oxygen atoms in total. The number of benzene rings is 1. The number of anilines is 1. The van der Waals surface area contributed by atoms with Crippen molar-refractivity contribution in [3.8, 4) is 0 Å². The molecular weight excluding hydrogens is 355 g/mol. The molecule has 1 saturated heterocycles. The number of hydrogen-bond donors (Lipinski definition) is 1. The number of hydrogen-bond acceptors (Lipinski definition) is 5. The molecule has 26 heavy (non-hydrogen) atoms. The second kappa shape index (κ2) is 7.90. The molecule has 1 aliphatic heterocycles. The minimum atomic E-state index is -0.390. The van der Waals surface area contributed by atoms with E-state index in [1.807, 2.05) is 18.7 Å². The molecule has 1 N–H and O–H groups in total. The maximum Gasteiger partial charge on any atom is 0.286 e. The van der Waals surface area contributed by atoms with Crippen LogP contribution in [-0.4, -0.2) is 33.5 Å². The van der Waals surface area contributed by atoms with Gasteiger partial charge >= 0.3 is 0 Å². The van der Waals surface area contributed by atoms with Gasteiger partial charge in [0.25, 0.3) is 5.91 Å². The predicted octanol–water partition coefficient (Wildman–Crippen LogP) is 3.64. The molecule has 0 saturated carbocycles. The molecule has 138 valence electrons. The van der Waals surface area contributed by atoms with Gasteiger partial charge in [-0.15, -0.1) is 10.2 Å². The standard InChI is InChI=1S/C18H21FN4O2S/c1-11(2)10-15(24)23-9-3-4-14(23)17-21-22-18(26-17)16(25)20-13-7-5-12(19)6-8-13/h5-8,11,14H,3-4,9-10H2,1-2H3,(H,20,25)/t14-/m0/s1. The fraction of sp³-hybridized carbons (Fsp3) is 0.444. The Balaban J connectivity index is 1.69. The van der Waals surface area contributed by atoms with Crippen LogP contribution in [0.5, 0.6) is 0 Å². The number of nitrogens with zero attached hydrogens (tertiary/aromatic N) is 3. The molecule has 0 aliphatic carbocycles. The van der Waals surface area contributed by atoms with E-state index in [1.165, 1.54) is 35.6 Å². The Bertz CT molecular complexity index is 791. The van der Waals surface area contributed by atoms with Crippen LogP contribution >= 0.6 is 11.3 Å². The lowest BCUT2D eigenvalue weighted by atomic mass is 10.1. The summed E-state index contributed by atoms with van der Waals surface area (Å²) in [5.41, 5.74) is 0.489. The molecule has 1 aromatic heterocycles. The second-order valence-corrected chi connectivity index (χ2v) is 7.76. The summed E-state index contributed by atoms with van der Waals surface area (Å²) in [4.78, 5) is 26.6. The molecule has 1 atom stereocenters. The number of likely N-dealkylation sites (tertiary alicyclic amines) is 1. The number of amides is 2. The number of halogens is 1. The number of carbonyl (C=O) groups is 2. The normalized spacial score (nSPS) is 16.9. The van der Waals surface area contributed by atoms with Crippen molar-refractivity contribution in [3.05, 3.63) is 40.1 Å². The van der Waals surface area contributed by atoms with Gasteiger partial charge in [-0.05, 0) is 43.0 Å². The summed E-state index contributed by atoms with van der Waals surface area (Å²) in [5.74, 6) is -0.336. The number of nitrogens with one attached hydrogen (secondary N) is 1. The van der Waals surface area contributed by atoms with E-state index in [1.54, 1.807) is 0 Å². The molecule has 0 radical (unpaired) electrons. The Morgan fingerprint density at radius 3 is 2.73 bits per heavy atom. The Labute approximate surface area is 155 Å². The van der Waals surface area contributed by atoms with E-state index >= 15 is 0 Å². The first kappa shape index (κ1) is 18.4. The zero-order valence-electron chi connectivity index (χ0n) is 14.7. The van der Waals surface area contributed by atoms with E-state index in [9.17, 15) is 14.0 Å². The average molecular weight is 376 g/mol. The van der Waals surface area contributed by atoms with Crippen molar-refractivity contribution in [1.82, 2.24) is 15.1 Å². The minimum Gasteiger partial charge on any atom is -0.333 e.